The summed E-state index contributed by atoms with van der Waals surface area (Å²) in [6, 6.07) is 15.5. The van der Waals surface area contributed by atoms with Crippen molar-refractivity contribution in [1.82, 2.24) is 10.4 Å². The molecule has 1 spiro atoms. The number of nitrogens with one attached hydrogen (secondary N) is 2. The minimum Gasteiger partial charge on any atom is -0.406 e. The molecule has 2 atom stereocenters. The molecule has 2 N–H and O–H groups in total. The highest BCUT2D eigenvalue weighted by atomic mass is 19.4. The van der Waals surface area contributed by atoms with E-state index < -0.39 is 35.5 Å². The fourth-order valence-electron chi connectivity index (χ4n) is 4.44. The predicted molar refractivity (Wildman–Crippen MR) is 127 cm³/mol. The van der Waals surface area contributed by atoms with Crippen LogP contribution in [0.1, 0.15) is 23.7 Å². The van der Waals surface area contributed by atoms with Crippen molar-refractivity contribution >= 4 is 35.0 Å². The molecule has 4 amide bonds. The van der Waals surface area contributed by atoms with Crippen LogP contribution in [0.2, 0.25) is 0 Å². The van der Waals surface area contributed by atoms with Crippen LogP contribution in [0.3, 0.4) is 0 Å². The molecule has 12 heteroatoms. The third-order valence-electron chi connectivity index (χ3n) is 6.30. The summed E-state index contributed by atoms with van der Waals surface area (Å²) in [4.78, 5) is 45.7. The molecule has 2 fully saturated rings. The third-order valence-corrected chi connectivity index (χ3v) is 6.30. The number of ether oxygens (including phenoxy) is 1. The number of alkyl halides is 3. The number of hydrogen-bond acceptors (Lipinski definition) is 6. The Hall–Kier alpha value is -4.61. The number of halogens is 3. The van der Waals surface area contributed by atoms with Gasteiger partial charge in [-0.3, -0.25) is 25.3 Å². The molecule has 0 radical (unpaired) electrons. The minimum absolute atomic E-state index is 0.119. The van der Waals surface area contributed by atoms with Gasteiger partial charge in [0.1, 0.15) is 17.1 Å². The highest BCUT2D eigenvalue weighted by molar-refractivity contribution is 6.32. The fraction of sp³-hybridized carbons (Fsp3) is 0.200. The smallest absolute Gasteiger partial charge is 0.406 e. The molecule has 1 aliphatic heterocycles. The highest BCUT2D eigenvalue weighted by Crippen LogP contribution is 2.55. The van der Waals surface area contributed by atoms with Gasteiger partial charge in [0.05, 0.1) is 11.4 Å². The first-order valence-electron chi connectivity index (χ1n) is 11.2. The van der Waals surface area contributed by atoms with E-state index >= 15 is 0 Å². The number of anilines is 3. The van der Waals surface area contributed by atoms with Crippen molar-refractivity contribution in [2.75, 3.05) is 15.2 Å². The molecule has 1 saturated carbocycles. The van der Waals surface area contributed by atoms with E-state index in [1.807, 2.05) is 6.92 Å². The fourth-order valence-corrected chi connectivity index (χ4v) is 4.44. The van der Waals surface area contributed by atoms with E-state index in [4.69, 9.17) is 0 Å². The van der Waals surface area contributed by atoms with Crippen LogP contribution in [0.25, 0.3) is 0 Å². The molecule has 1 aliphatic carbocycles. The van der Waals surface area contributed by atoms with Crippen molar-refractivity contribution in [3.63, 3.8) is 0 Å². The number of hydrogen-bond donors (Lipinski definition) is 2. The van der Waals surface area contributed by atoms with Crippen molar-refractivity contribution in [2.24, 2.45) is 5.92 Å². The van der Waals surface area contributed by atoms with Crippen molar-refractivity contribution < 1.29 is 32.3 Å². The Bertz CT molecular complexity index is 1370. The molecule has 190 valence electrons. The maximum absolute atomic E-state index is 13.5. The van der Waals surface area contributed by atoms with Gasteiger partial charge in [-0.05, 0) is 54.8 Å². The summed E-state index contributed by atoms with van der Waals surface area (Å²) < 4.78 is 41.4. The zero-order valence-corrected chi connectivity index (χ0v) is 19.3. The van der Waals surface area contributed by atoms with Crippen LogP contribution in [0.5, 0.6) is 5.75 Å². The second kappa shape index (κ2) is 8.80. The topological polar surface area (TPSA) is 104 Å². The van der Waals surface area contributed by atoms with E-state index in [0.29, 0.717) is 17.7 Å². The number of aromatic nitrogens is 1. The zero-order chi connectivity index (χ0) is 26.4. The number of benzene rings is 2. The molecule has 1 saturated heterocycles. The van der Waals surface area contributed by atoms with Crippen molar-refractivity contribution in [2.45, 2.75) is 25.2 Å². The first kappa shape index (κ1) is 24.1. The Morgan fingerprint density at radius 3 is 2.35 bits per heavy atom. The number of pyridine rings is 1. The van der Waals surface area contributed by atoms with Crippen LogP contribution in [0, 0.1) is 5.92 Å². The Kier molecular flexibility index (Phi) is 5.73. The minimum atomic E-state index is -4.86. The molecular formula is C25H20F3N5O4. The van der Waals surface area contributed by atoms with E-state index in [2.05, 4.69) is 20.6 Å². The van der Waals surface area contributed by atoms with Crippen LogP contribution in [-0.2, 0) is 4.79 Å². The number of carbonyl (C=O) groups excluding carboxylic acids is 3. The summed E-state index contributed by atoms with van der Waals surface area (Å²) in [5, 5.41) is 0. The van der Waals surface area contributed by atoms with Crippen molar-refractivity contribution in [3.05, 3.63) is 78.5 Å². The second-order valence-electron chi connectivity index (χ2n) is 8.67. The molecule has 9 nitrogen and oxygen atoms in total. The van der Waals surface area contributed by atoms with E-state index in [0.717, 1.165) is 17.0 Å². The zero-order valence-electron chi connectivity index (χ0n) is 19.3. The Morgan fingerprint density at radius 2 is 1.73 bits per heavy atom. The van der Waals surface area contributed by atoms with Crippen LogP contribution >= 0.6 is 0 Å². The van der Waals surface area contributed by atoms with Crippen LogP contribution in [0.4, 0.5) is 35.2 Å². The predicted octanol–water partition coefficient (Wildman–Crippen LogP) is 4.49. The summed E-state index contributed by atoms with van der Waals surface area (Å²) in [6.07, 6.45) is -3.02. The molecule has 0 bridgehead atoms. The number of urea groups is 1. The largest absolute Gasteiger partial charge is 0.573 e. The average Bonchev–Trinajstić information content (AvgIpc) is 3.48. The van der Waals surface area contributed by atoms with E-state index in [1.54, 1.807) is 36.4 Å². The van der Waals surface area contributed by atoms with E-state index in [1.165, 1.54) is 29.3 Å². The Morgan fingerprint density at radius 1 is 1.05 bits per heavy atom. The Balaban J connectivity index is 1.38. The molecule has 3 aromatic rings. The maximum atomic E-state index is 13.5. The number of hydrazine groups is 1. The summed E-state index contributed by atoms with van der Waals surface area (Å²) in [5.41, 5.74) is 5.03. The van der Waals surface area contributed by atoms with Crippen LogP contribution < -0.4 is 25.4 Å². The van der Waals surface area contributed by atoms with Crippen LogP contribution in [0.15, 0.2) is 72.9 Å². The van der Waals surface area contributed by atoms with Gasteiger partial charge in [-0.15, -0.1) is 13.2 Å². The lowest BCUT2D eigenvalue weighted by atomic mass is 10.1. The van der Waals surface area contributed by atoms with Gasteiger partial charge >= 0.3 is 12.4 Å². The van der Waals surface area contributed by atoms with E-state index in [-0.39, 0.29) is 17.4 Å². The summed E-state index contributed by atoms with van der Waals surface area (Å²) in [5.74, 6) is -1.25. The second-order valence-corrected chi connectivity index (χ2v) is 8.67. The third kappa shape index (κ3) is 4.41. The number of rotatable bonds is 6. The highest BCUT2D eigenvalue weighted by Gasteiger charge is 2.70. The van der Waals surface area contributed by atoms with Gasteiger partial charge in [-0.2, -0.15) is 0 Å². The maximum Gasteiger partial charge on any atom is 0.573 e. The molecule has 2 aromatic carbocycles. The Labute approximate surface area is 208 Å². The van der Waals surface area contributed by atoms with E-state index in [9.17, 15) is 27.6 Å². The number of carbonyl (C=O) groups is 3. The number of amides is 4. The monoisotopic (exact) mass is 511 g/mol. The van der Waals surface area contributed by atoms with Crippen molar-refractivity contribution in [3.8, 4) is 5.75 Å². The molecular weight excluding hydrogens is 491 g/mol. The number of nitrogens with zero attached hydrogens (tertiary/aromatic N) is 3. The molecule has 2 heterocycles. The molecule has 37 heavy (non-hydrogen) atoms. The standard InChI is InChI=1S/C25H20F3N5O4/c1-15-14-24(15)22(35)32(17-7-9-19(10-8-17)37-25(26,27)28)23(36)33(24)18-11-12-29-20(13-18)30-31-21(34)16-5-3-2-4-6-16/h2-13,15H,14H2,1H3,(H,29,30)(H,31,34). The molecule has 2 aliphatic rings. The first-order valence-corrected chi connectivity index (χ1v) is 11.2. The summed E-state index contributed by atoms with van der Waals surface area (Å²) in [6.45, 7) is 1.84. The summed E-state index contributed by atoms with van der Waals surface area (Å²) >= 11 is 0. The first-order chi connectivity index (χ1) is 17.6. The van der Waals surface area contributed by atoms with Gasteiger partial charge in [0.25, 0.3) is 11.8 Å². The normalized spacial score (nSPS) is 20.8. The SMILES string of the molecule is CC1CC12C(=O)N(c1ccc(OC(F)(F)F)cc1)C(=O)N2c1ccnc(NNC(=O)c2ccccc2)c1. The van der Waals surface area contributed by atoms with Gasteiger partial charge in [-0.25, -0.2) is 14.7 Å². The molecule has 2 unspecified atom stereocenters. The van der Waals surface area contributed by atoms with Gasteiger partial charge in [0.2, 0.25) is 0 Å². The summed E-state index contributed by atoms with van der Waals surface area (Å²) in [7, 11) is 0. The van der Waals surface area contributed by atoms with Gasteiger partial charge in [0, 0.05) is 17.8 Å². The lowest BCUT2D eigenvalue weighted by Crippen LogP contribution is -2.39. The molecule has 5 rings (SSSR count). The lowest BCUT2D eigenvalue weighted by Gasteiger charge is -2.22. The lowest BCUT2D eigenvalue weighted by molar-refractivity contribution is -0.274. The van der Waals surface area contributed by atoms with Gasteiger partial charge < -0.3 is 4.74 Å². The van der Waals surface area contributed by atoms with Gasteiger partial charge in [-0.1, -0.05) is 25.1 Å². The average molecular weight is 511 g/mol. The number of imide groups is 1. The molecule has 1 aromatic heterocycles. The van der Waals surface area contributed by atoms with Crippen LogP contribution in [-0.4, -0.2) is 34.7 Å². The van der Waals surface area contributed by atoms with Crippen molar-refractivity contribution in [1.29, 1.82) is 0 Å². The van der Waals surface area contributed by atoms with Gasteiger partial charge in [0.15, 0.2) is 0 Å². The quantitative estimate of drug-likeness (QED) is 0.374.